The van der Waals surface area contributed by atoms with Crippen molar-refractivity contribution in [3.8, 4) is 11.1 Å². The summed E-state index contributed by atoms with van der Waals surface area (Å²) < 4.78 is 28.1. The zero-order chi connectivity index (χ0) is 56.7. The number of pyridine rings is 1. The highest BCUT2D eigenvalue weighted by Gasteiger charge is 2.46. The van der Waals surface area contributed by atoms with E-state index >= 15 is 0 Å². The molecule has 78 heavy (non-hydrogen) atoms. The first-order valence-corrected chi connectivity index (χ1v) is 27.1. The van der Waals surface area contributed by atoms with Crippen LogP contribution in [0.1, 0.15) is 103 Å². The molecule has 6 rings (SSSR count). The van der Waals surface area contributed by atoms with E-state index in [-0.39, 0.29) is 113 Å². The molecule has 424 valence electrons. The van der Waals surface area contributed by atoms with Crippen LogP contribution in [0.3, 0.4) is 0 Å². The maximum Gasteiger partial charge on any atom is 0.246 e. The van der Waals surface area contributed by atoms with Crippen molar-refractivity contribution in [3.05, 3.63) is 95.8 Å². The molecule has 2 saturated heterocycles. The molecule has 0 saturated carbocycles. The van der Waals surface area contributed by atoms with E-state index in [1.54, 1.807) is 36.8 Å². The lowest BCUT2D eigenvalue weighted by atomic mass is 9.85. The average molecular weight is 1080 g/mol. The number of carbonyl (C=O) groups is 6. The number of halogens is 1. The summed E-state index contributed by atoms with van der Waals surface area (Å²) in [5.74, 6) is -2.00. The Hall–Kier alpha value is -6.97. The number of likely N-dealkylation sites (tertiary alicyclic amines) is 1. The molecule has 3 aliphatic heterocycles. The summed E-state index contributed by atoms with van der Waals surface area (Å²) in [6, 6.07) is 8.16. The van der Waals surface area contributed by atoms with Crippen molar-refractivity contribution in [3.63, 3.8) is 0 Å². The molecule has 6 amide bonds. The van der Waals surface area contributed by atoms with Gasteiger partial charge in [0.05, 0.1) is 69.0 Å². The molecule has 2 bridgehead atoms. The number of hydrogen-bond acceptors (Lipinski definition) is 13. The number of amides is 6. The molecule has 2 aromatic heterocycles. The molecule has 0 radical (unpaired) electrons. The number of hydrogen-bond donors (Lipinski definition) is 6. The Balaban J connectivity index is 0.966. The molecular weight excluding hydrogens is 1000 g/mol. The Labute approximate surface area is 458 Å². The largest absolute Gasteiger partial charge is 0.382 e. The number of likely N-dealkylation sites (N-methyl/N-ethyl adjacent to an activating group) is 1. The van der Waals surface area contributed by atoms with Gasteiger partial charge in [0.25, 0.3) is 0 Å². The lowest BCUT2D eigenvalue weighted by molar-refractivity contribution is -0.144. The van der Waals surface area contributed by atoms with Gasteiger partial charge in [0.15, 0.2) is 0 Å². The second-order valence-electron chi connectivity index (χ2n) is 21.3. The monoisotopic (exact) mass is 1080 g/mol. The Bertz CT molecular complexity index is 2670. The standard InChI is InChI=1S/C57H81FN12O8/c1-10-43(39-16-12-11-13-17-39)64-55(75)47-32-42(34-69(47)56(76)52(57(5,6)7)65-54(74)37(3)60-8)63-49(72)22-27-78-29-28-77-26-21-48(71)61-23-25-70-38(4)51-40-31-46(53(59)62-33-40)68-24-15-19-45(68)36(2)30-41(58)18-14-20-50(73)67(9)35-44(51)66-70/h11-14,16-18,30-31,33,37,42-43,45,47,52,60H,2,10,15,19-29,32,34-35H2,1,3-9H3,(H2,59,62)(H,61,71)(H,63,72)(H,64,75)(H,65,74)/b18-14-,41-30+/t37-,42-,43+,45-,47-,52?/m1/s1. The fourth-order valence-corrected chi connectivity index (χ4v) is 10.0. The predicted molar refractivity (Wildman–Crippen MR) is 297 cm³/mol. The number of aromatic nitrogens is 3. The van der Waals surface area contributed by atoms with E-state index in [9.17, 15) is 33.2 Å². The van der Waals surface area contributed by atoms with E-state index in [4.69, 9.17) is 20.3 Å². The van der Waals surface area contributed by atoms with Gasteiger partial charge in [0.1, 0.15) is 23.7 Å². The average Bonchev–Trinajstić information content (AvgIpc) is 4.20. The number of rotatable bonds is 21. The van der Waals surface area contributed by atoms with Crippen LogP contribution in [0.5, 0.6) is 0 Å². The predicted octanol–water partition coefficient (Wildman–Crippen LogP) is 4.55. The van der Waals surface area contributed by atoms with Crippen molar-refractivity contribution in [2.45, 2.75) is 136 Å². The van der Waals surface area contributed by atoms with Crippen molar-refractivity contribution >= 4 is 46.9 Å². The summed E-state index contributed by atoms with van der Waals surface area (Å²) in [5, 5.41) is 19.7. The number of fused-ring (bicyclic) bond motifs is 6. The highest BCUT2D eigenvalue weighted by Crippen LogP contribution is 2.38. The Morgan fingerprint density at radius 3 is 2.40 bits per heavy atom. The van der Waals surface area contributed by atoms with Crippen LogP contribution in [-0.4, -0.2) is 150 Å². The number of anilines is 2. The fourth-order valence-electron chi connectivity index (χ4n) is 10.0. The van der Waals surface area contributed by atoms with Gasteiger partial charge in [0, 0.05) is 75.0 Å². The molecule has 0 spiro atoms. The van der Waals surface area contributed by atoms with Gasteiger partial charge in [-0.25, -0.2) is 9.37 Å². The quantitative estimate of drug-likeness (QED) is 0.0803. The zero-order valence-electron chi connectivity index (χ0n) is 46.7. The number of benzene rings is 1. The highest BCUT2D eigenvalue weighted by atomic mass is 19.1. The lowest BCUT2D eigenvalue weighted by Crippen LogP contribution is -2.59. The molecule has 21 heteroatoms. The van der Waals surface area contributed by atoms with Gasteiger partial charge in [0.2, 0.25) is 35.4 Å². The van der Waals surface area contributed by atoms with Crippen molar-refractivity contribution in [1.29, 1.82) is 0 Å². The van der Waals surface area contributed by atoms with Crippen molar-refractivity contribution < 1.29 is 42.6 Å². The van der Waals surface area contributed by atoms with Crippen LogP contribution < -0.4 is 37.2 Å². The Morgan fingerprint density at radius 1 is 1.01 bits per heavy atom. The molecule has 6 atom stereocenters. The van der Waals surface area contributed by atoms with E-state index in [1.807, 2.05) is 71.0 Å². The smallest absolute Gasteiger partial charge is 0.246 e. The molecule has 0 aliphatic carbocycles. The minimum atomic E-state index is -0.944. The molecular formula is C57H81FN12O8. The zero-order valence-corrected chi connectivity index (χ0v) is 46.7. The van der Waals surface area contributed by atoms with Crippen molar-refractivity contribution in [2.75, 3.05) is 70.8 Å². The fraction of sp³-hybridized carbons (Fsp3) is 0.544. The summed E-state index contributed by atoms with van der Waals surface area (Å²) in [5.41, 5.74) is 11.0. The molecule has 20 nitrogen and oxygen atoms in total. The topological polar surface area (TPSA) is 247 Å². The Morgan fingerprint density at radius 2 is 1.72 bits per heavy atom. The van der Waals surface area contributed by atoms with Crippen molar-refractivity contribution in [1.82, 2.24) is 51.1 Å². The first-order valence-electron chi connectivity index (χ1n) is 27.1. The summed E-state index contributed by atoms with van der Waals surface area (Å²) >= 11 is 0. The molecule has 5 heterocycles. The summed E-state index contributed by atoms with van der Waals surface area (Å²) in [4.78, 5) is 90.4. The van der Waals surface area contributed by atoms with E-state index in [0.29, 0.717) is 42.3 Å². The second-order valence-corrected chi connectivity index (χ2v) is 21.3. The van der Waals surface area contributed by atoms with E-state index in [0.717, 1.165) is 35.2 Å². The number of nitrogens with two attached hydrogens (primary N) is 1. The maximum absolute atomic E-state index is 14.9. The summed E-state index contributed by atoms with van der Waals surface area (Å²) in [6.07, 6.45) is 8.46. The third-order valence-electron chi connectivity index (χ3n) is 14.5. The van der Waals surface area contributed by atoms with Gasteiger partial charge in [-0.05, 0) is 81.3 Å². The molecule has 3 aliphatic rings. The second kappa shape index (κ2) is 28.1. The van der Waals surface area contributed by atoms with Gasteiger partial charge in [-0.2, -0.15) is 5.10 Å². The van der Waals surface area contributed by atoms with Crippen LogP contribution >= 0.6 is 0 Å². The minimum absolute atomic E-state index is 0.00173. The first-order chi connectivity index (χ1) is 37.2. The third kappa shape index (κ3) is 16.1. The van der Waals surface area contributed by atoms with Crippen LogP contribution in [0.15, 0.2) is 78.8 Å². The number of allylic oxidation sites excluding steroid dienone is 2. The van der Waals surface area contributed by atoms with Gasteiger partial charge in [-0.1, -0.05) is 70.7 Å². The molecule has 1 aromatic carbocycles. The number of carbonyl (C=O) groups excluding carboxylic acids is 6. The van der Waals surface area contributed by atoms with Crippen molar-refractivity contribution in [2.24, 2.45) is 5.41 Å². The molecule has 3 aromatic rings. The van der Waals surface area contributed by atoms with Gasteiger partial charge >= 0.3 is 0 Å². The number of nitrogen functional groups attached to an aromatic ring is 1. The van der Waals surface area contributed by atoms with E-state index in [2.05, 4.69) is 43.0 Å². The molecule has 2 fully saturated rings. The van der Waals surface area contributed by atoms with Crippen LogP contribution in [0.4, 0.5) is 15.9 Å². The van der Waals surface area contributed by atoms with E-state index < -0.39 is 41.3 Å². The van der Waals surface area contributed by atoms with Crippen LogP contribution in [0.25, 0.3) is 11.1 Å². The molecule has 7 N–H and O–H groups in total. The van der Waals surface area contributed by atoms with Gasteiger partial charge < -0.3 is 56.5 Å². The lowest BCUT2D eigenvalue weighted by Gasteiger charge is -2.36. The van der Waals surface area contributed by atoms with Gasteiger partial charge in [-0.15, -0.1) is 0 Å². The number of ether oxygens (including phenoxy) is 2. The summed E-state index contributed by atoms with van der Waals surface area (Å²) in [7, 11) is 3.33. The number of nitrogens with zero attached hydrogens (tertiary/aromatic N) is 6. The summed E-state index contributed by atoms with van der Waals surface area (Å²) in [6.45, 7) is 17.5. The highest BCUT2D eigenvalue weighted by molar-refractivity contribution is 5.94. The maximum atomic E-state index is 14.9. The van der Waals surface area contributed by atoms with Gasteiger partial charge in [-0.3, -0.25) is 33.4 Å². The minimum Gasteiger partial charge on any atom is -0.382 e. The normalized spacial score (nSPS) is 20.2. The molecule has 1 unspecified atom stereocenters. The first kappa shape index (κ1) is 60.3. The van der Waals surface area contributed by atoms with Crippen LogP contribution in [0.2, 0.25) is 0 Å². The van der Waals surface area contributed by atoms with E-state index in [1.165, 1.54) is 23.1 Å². The van der Waals surface area contributed by atoms with Crippen LogP contribution in [-0.2, 0) is 51.3 Å². The Kier molecular flexibility index (Phi) is 21.7. The number of nitrogens with one attached hydrogen (secondary N) is 5. The van der Waals surface area contributed by atoms with Crippen LogP contribution in [0, 0.1) is 12.3 Å². The third-order valence-corrected chi connectivity index (χ3v) is 14.5. The SMILES string of the molecule is C=C1/C=C(F)\C=C/CC(=O)N(C)Cc2nn(CCNC(=O)CCOCCOCCC(=O)N[C@@H]3C[C@H](C(=O)N[C@@H](CC)c4ccccc4)N(C(=O)C(NC(=O)[C@@H](C)NC)C(C)(C)C)C3)c(C)c2-c2cnc(N)c(c2)N2CCC[C@H]12.